The van der Waals surface area contributed by atoms with Crippen molar-refractivity contribution in [2.24, 2.45) is 0 Å². The number of furan rings is 1. The number of pyridine rings is 1. The smallest absolute Gasteiger partial charge is 0.160 e. The highest BCUT2D eigenvalue weighted by atomic mass is 32.1. The van der Waals surface area contributed by atoms with Gasteiger partial charge in [-0.1, -0.05) is 121 Å². The Balaban J connectivity index is 1.09. The normalized spacial score (nSPS) is 11.7. The largest absolute Gasteiger partial charge is 0.455 e. The van der Waals surface area contributed by atoms with E-state index in [2.05, 4.69) is 132 Å². The van der Waals surface area contributed by atoms with Gasteiger partial charge in [0.25, 0.3) is 0 Å². The van der Waals surface area contributed by atoms with Gasteiger partial charge in [-0.05, 0) is 70.8 Å². The third-order valence-corrected chi connectivity index (χ3v) is 11.5. The first-order valence-corrected chi connectivity index (χ1v) is 18.8. The molecule has 0 atom stereocenters. The Morgan fingerprint density at radius 2 is 1.11 bits per heavy atom. The summed E-state index contributed by atoms with van der Waals surface area (Å²) in [6.45, 7) is 0. The first kappa shape index (κ1) is 30.7. The van der Waals surface area contributed by atoms with Crippen LogP contribution in [0.4, 0.5) is 0 Å². The highest BCUT2D eigenvalue weighted by molar-refractivity contribution is 7.25. The highest BCUT2D eigenvalue weighted by Crippen LogP contribution is 2.44. The molecule has 0 aliphatic carbocycles. The lowest BCUT2D eigenvalue weighted by Gasteiger charge is -2.12. The van der Waals surface area contributed by atoms with Gasteiger partial charge in [-0.2, -0.15) is 0 Å². The van der Waals surface area contributed by atoms with Crippen LogP contribution in [0.5, 0.6) is 0 Å². The van der Waals surface area contributed by atoms with Crippen molar-refractivity contribution < 1.29 is 4.42 Å². The third-order valence-electron chi connectivity index (χ3n) is 10.4. The van der Waals surface area contributed by atoms with E-state index in [4.69, 9.17) is 14.4 Å². The summed E-state index contributed by atoms with van der Waals surface area (Å²) in [4.78, 5) is 15.0. The van der Waals surface area contributed by atoms with E-state index >= 15 is 0 Å². The maximum atomic E-state index is 6.77. The third kappa shape index (κ3) is 5.01. The summed E-state index contributed by atoms with van der Waals surface area (Å²) in [5.74, 6) is 0.653. The molecule has 54 heavy (non-hydrogen) atoms. The van der Waals surface area contributed by atoms with Gasteiger partial charge in [-0.3, -0.25) is 4.98 Å². The van der Waals surface area contributed by atoms with Crippen molar-refractivity contribution in [2.75, 3.05) is 0 Å². The molecule has 11 rings (SSSR count). The van der Waals surface area contributed by atoms with Crippen LogP contribution in [0, 0.1) is 0 Å². The van der Waals surface area contributed by atoms with E-state index in [-0.39, 0.29) is 0 Å². The molecule has 0 radical (unpaired) electrons. The van der Waals surface area contributed by atoms with Crippen LogP contribution in [0.25, 0.3) is 109 Å². The number of fused-ring (bicyclic) bond motifs is 7. The molecule has 5 heteroatoms. The molecule has 0 saturated heterocycles. The number of hydrogen-bond donors (Lipinski definition) is 0. The number of hydrogen-bond acceptors (Lipinski definition) is 5. The molecule has 4 aromatic heterocycles. The number of benzene rings is 7. The fraction of sp³-hybridized carbons (Fsp3) is 0. The molecule has 252 valence electrons. The van der Waals surface area contributed by atoms with Crippen LogP contribution in [0.15, 0.2) is 180 Å². The summed E-state index contributed by atoms with van der Waals surface area (Å²) < 4.78 is 9.36. The Kier molecular flexibility index (Phi) is 7.00. The van der Waals surface area contributed by atoms with Crippen LogP contribution in [-0.2, 0) is 0 Å². The number of aromatic nitrogens is 3. The van der Waals surface area contributed by atoms with E-state index in [1.165, 1.54) is 20.2 Å². The molecule has 4 nitrogen and oxygen atoms in total. The van der Waals surface area contributed by atoms with Gasteiger partial charge in [0.15, 0.2) is 5.82 Å². The topological polar surface area (TPSA) is 51.8 Å². The van der Waals surface area contributed by atoms with Crippen LogP contribution >= 0.6 is 11.3 Å². The molecule has 7 aromatic carbocycles. The second kappa shape index (κ2) is 12.3. The molecule has 0 spiro atoms. The van der Waals surface area contributed by atoms with Crippen molar-refractivity contribution in [2.45, 2.75) is 0 Å². The quantitative estimate of drug-likeness (QED) is 0.179. The zero-order valence-electron chi connectivity index (χ0n) is 28.9. The van der Waals surface area contributed by atoms with Gasteiger partial charge in [-0.25, -0.2) is 9.97 Å². The summed E-state index contributed by atoms with van der Waals surface area (Å²) in [6.07, 6.45) is 1.87. The standard InChI is InChI=1S/C49H29N3OS/c1-2-10-31(11-3-1)42-29-43(52-49(51-42)32-20-18-30(19-21-32)34-26-27-50-41-15-7-4-12-36(34)41)38-24-23-35(47-39-14-5-8-16-44(39)53-48(38)47)33-22-25-46-40(28-33)37-13-6-9-17-45(37)54-46/h1-29H. The Morgan fingerprint density at radius 3 is 2.00 bits per heavy atom. The van der Waals surface area contributed by atoms with Crippen LogP contribution in [0.1, 0.15) is 0 Å². The molecule has 0 N–H and O–H groups in total. The van der Waals surface area contributed by atoms with Gasteiger partial charge >= 0.3 is 0 Å². The monoisotopic (exact) mass is 707 g/mol. The van der Waals surface area contributed by atoms with E-state index in [0.29, 0.717) is 5.82 Å². The molecular weight excluding hydrogens is 679 g/mol. The van der Waals surface area contributed by atoms with Crippen molar-refractivity contribution in [3.05, 3.63) is 176 Å². The fourth-order valence-electron chi connectivity index (χ4n) is 7.78. The van der Waals surface area contributed by atoms with E-state index in [1.54, 1.807) is 0 Å². The van der Waals surface area contributed by atoms with Crippen molar-refractivity contribution in [1.82, 2.24) is 15.0 Å². The summed E-state index contributed by atoms with van der Waals surface area (Å²) >= 11 is 1.84. The predicted octanol–water partition coefficient (Wildman–Crippen LogP) is 13.6. The lowest BCUT2D eigenvalue weighted by Crippen LogP contribution is -1.96. The number of nitrogens with zero attached hydrogens (tertiary/aromatic N) is 3. The van der Waals surface area contributed by atoms with Crippen molar-refractivity contribution in [3.8, 4) is 56.2 Å². The van der Waals surface area contributed by atoms with Gasteiger partial charge in [-0.15, -0.1) is 11.3 Å². The molecule has 0 amide bonds. The van der Waals surface area contributed by atoms with Crippen molar-refractivity contribution >= 4 is 64.4 Å². The van der Waals surface area contributed by atoms with E-state index in [9.17, 15) is 0 Å². The molecule has 0 unspecified atom stereocenters. The molecule has 0 bridgehead atoms. The molecule has 4 heterocycles. The Hall–Kier alpha value is -6.95. The van der Waals surface area contributed by atoms with Crippen LogP contribution < -0.4 is 0 Å². The van der Waals surface area contributed by atoms with E-state index in [1.807, 2.05) is 60.0 Å². The van der Waals surface area contributed by atoms with Crippen LogP contribution in [-0.4, -0.2) is 15.0 Å². The lowest BCUT2D eigenvalue weighted by molar-refractivity contribution is 0.670. The molecule has 11 aromatic rings. The Bertz CT molecular complexity index is 3210. The Morgan fingerprint density at radius 1 is 0.426 bits per heavy atom. The number of thiophene rings is 1. The van der Waals surface area contributed by atoms with E-state index in [0.717, 1.165) is 83.2 Å². The zero-order chi connectivity index (χ0) is 35.6. The molecule has 0 fully saturated rings. The maximum Gasteiger partial charge on any atom is 0.160 e. The Labute approximate surface area is 314 Å². The average molecular weight is 708 g/mol. The van der Waals surface area contributed by atoms with Crippen LogP contribution in [0.2, 0.25) is 0 Å². The minimum Gasteiger partial charge on any atom is -0.455 e. The SMILES string of the molecule is c1ccc(-c2cc(-c3ccc(-c4ccc5sc6ccccc6c5c4)c4c3oc3ccccc34)nc(-c3ccc(-c4ccnc5ccccc45)cc3)n2)cc1. The molecule has 0 aliphatic heterocycles. The number of rotatable bonds is 5. The van der Waals surface area contributed by atoms with Crippen molar-refractivity contribution in [1.29, 1.82) is 0 Å². The minimum absolute atomic E-state index is 0.653. The van der Waals surface area contributed by atoms with Gasteiger partial charge in [0.05, 0.1) is 16.9 Å². The van der Waals surface area contributed by atoms with Crippen LogP contribution in [0.3, 0.4) is 0 Å². The van der Waals surface area contributed by atoms with Gasteiger partial charge in [0.2, 0.25) is 0 Å². The molecule has 0 aliphatic rings. The predicted molar refractivity (Wildman–Crippen MR) is 225 cm³/mol. The lowest BCUT2D eigenvalue weighted by atomic mass is 9.95. The summed E-state index contributed by atoms with van der Waals surface area (Å²) in [5.41, 5.74) is 11.7. The molecule has 0 saturated carbocycles. The first-order valence-electron chi connectivity index (χ1n) is 18.0. The van der Waals surface area contributed by atoms with Gasteiger partial charge < -0.3 is 4.42 Å². The average Bonchev–Trinajstić information content (AvgIpc) is 3.82. The zero-order valence-corrected chi connectivity index (χ0v) is 29.7. The summed E-state index contributed by atoms with van der Waals surface area (Å²) in [7, 11) is 0. The summed E-state index contributed by atoms with van der Waals surface area (Å²) in [6, 6.07) is 59.4. The second-order valence-electron chi connectivity index (χ2n) is 13.6. The highest BCUT2D eigenvalue weighted by Gasteiger charge is 2.20. The second-order valence-corrected chi connectivity index (χ2v) is 14.6. The minimum atomic E-state index is 0.653. The number of para-hydroxylation sites is 2. The van der Waals surface area contributed by atoms with E-state index < -0.39 is 0 Å². The van der Waals surface area contributed by atoms with Gasteiger partial charge in [0, 0.05) is 59.2 Å². The van der Waals surface area contributed by atoms with Gasteiger partial charge in [0.1, 0.15) is 11.2 Å². The maximum absolute atomic E-state index is 6.77. The fourth-order valence-corrected chi connectivity index (χ4v) is 8.87. The summed E-state index contributed by atoms with van der Waals surface area (Å²) in [5, 5.41) is 5.84. The molecular formula is C49H29N3OS. The first-order chi connectivity index (χ1) is 26.7. The van der Waals surface area contributed by atoms with Crippen molar-refractivity contribution in [3.63, 3.8) is 0 Å².